The zero-order chi connectivity index (χ0) is 13.1. The van der Waals surface area contributed by atoms with Gasteiger partial charge in [-0.2, -0.15) is 0 Å². The fraction of sp³-hybridized carbons (Fsp3) is 0.0769. The molecule has 2 N–H and O–H groups in total. The first-order valence-corrected chi connectivity index (χ1v) is 6.76. The molecule has 0 heterocycles. The number of hydrogen-bond acceptors (Lipinski definition) is 2. The summed E-state index contributed by atoms with van der Waals surface area (Å²) in [5, 5.41) is 0. The van der Waals surface area contributed by atoms with Crippen molar-refractivity contribution < 1.29 is 9.13 Å². The molecule has 0 atom stereocenters. The lowest BCUT2D eigenvalue weighted by molar-refractivity contribution is 0.289. The summed E-state index contributed by atoms with van der Waals surface area (Å²) in [6.45, 7) is 0.272. The molecule has 2 aromatic carbocycles. The molecule has 0 saturated heterocycles. The Morgan fingerprint density at radius 3 is 2.61 bits per heavy atom. The number of rotatable bonds is 3. The third kappa shape index (κ3) is 3.23. The Hall–Kier alpha value is -1.07. The highest BCUT2D eigenvalue weighted by Gasteiger charge is 2.06. The van der Waals surface area contributed by atoms with E-state index in [9.17, 15) is 4.39 Å². The van der Waals surface area contributed by atoms with E-state index in [4.69, 9.17) is 10.5 Å². The second-order valence-electron chi connectivity index (χ2n) is 3.71. The molecule has 0 aliphatic carbocycles. The minimum Gasteiger partial charge on any atom is -0.486 e. The molecule has 0 unspecified atom stereocenters. The first kappa shape index (κ1) is 13.4. The van der Waals surface area contributed by atoms with Crippen LogP contribution in [0.5, 0.6) is 5.75 Å². The van der Waals surface area contributed by atoms with Gasteiger partial charge in [0.15, 0.2) is 11.6 Å². The van der Waals surface area contributed by atoms with Gasteiger partial charge in [-0.05, 0) is 30.3 Å². The van der Waals surface area contributed by atoms with Crippen molar-refractivity contribution in [1.29, 1.82) is 0 Å². The fourth-order valence-corrected chi connectivity index (χ4v) is 2.27. The second-order valence-corrected chi connectivity index (χ2v) is 5.48. The SMILES string of the molecule is Nc1ccc(COc2cc(Br)ccc2F)c(Br)c1. The quantitative estimate of drug-likeness (QED) is 0.802. The summed E-state index contributed by atoms with van der Waals surface area (Å²) in [6, 6.07) is 9.99. The smallest absolute Gasteiger partial charge is 0.165 e. The van der Waals surface area contributed by atoms with Crippen molar-refractivity contribution >= 4 is 37.5 Å². The van der Waals surface area contributed by atoms with Crippen LogP contribution in [0.4, 0.5) is 10.1 Å². The van der Waals surface area contributed by atoms with Gasteiger partial charge in [-0.3, -0.25) is 0 Å². The molecule has 2 aromatic rings. The Morgan fingerprint density at radius 1 is 1.11 bits per heavy atom. The van der Waals surface area contributed by atoms with Crippen molar-refractivity contribution in [2.24, 2.45) is 0 Å². The molecular weight excluding hydrogens is 365 g/mol. The molecule has 0 saturated carbocycles. The highest BCUT2D eigenvalue weighted by molar-refractivity contribution is 9.10. The standard InChI is InChI=1S/C13H10Br2FNO/c14-9-2-4-12(16)13(5-9)18-7-8-1-3-10(17)6-11(8)15/h1-6H,7,17H2. The summed E-state index contributed by atoms with van der Waals surface area (Å²) in [7, 11) is 0. The predicted molar refractivity (Wildman–Crippen MR) is 77.0 cm³/mol. The average molecular weight is 375 g/mol. The van der Waals surface area contributed by atoms with E-state index in [1.165, 1.54) is 6.07 Å². The van der Waals surface area contributed by atoms with E-state index in [0.29, 0.717) is 5.69 Å². The van der Waals surface area contributed by atoms with E-state index in [1.807, 2.05) is 6.07 Å². The van der Waals surface area contributed by atoms with Crippen molar-refractivity contribution in [3.63, 3.8) is 0 Å². The number of halogens is 3. The fourth-order valence-electron chi connectivity index (χ4n) is 1.42. The van der Waals surface area contributed by atoms with Crippen LogP contribution in [0.15, 0.2) is 45.3 Å². The molecule has 18 heavy (non-hydrogen) atoms. The summed E-state index contributed by atoms with van der Waals surface area (Å²) in [5.41, 5.74) is 7.21. The molecule has 0 radical (unpaired) electrons. The van der Waals surface area contributed by atoms with Gasteiger partial charge < -0.3 is 10.5 Å². The maximum atomic E-state index is 13.5. The van der Waals surface area contributed by atoms with Crippen LogP contribution in [0, 0.1) is 5.82 Å². The summed E-state index contributed by atoms with van der Waals surface area (Å²) in [4.78, 5) is 0. The Balaban J connectivity index is 2.13. The molecule has 94 valence electrons. The highest BCUT2D eigenvalue weighted by Crippen LogP contribution is 2.25. The Morgan fingerprint density at radius 2 is 1.89 bits per heavy atom. The molecule has 0 aromatic heterocycles. The van der Waals surface area contributed by atoms with E-state index in [0.717, 1.165) is 14.5 Å². The van der Waals surface area contributed by atoms with Crippen LogP contribution in [0.1, 0.15) is 5.56 Å². The van der Waals surface area contributed by atoms with Crippen molar-refractivity contribution in [3.8, 4) is 5.75 Å². The molecule has 0 amide bonds. The van der Waals surface area contributed by atoms with E-state index in [1.54, 1.807) is 24.3 Å². The Bertz CT molecular complexity index is 575. The van der Waals surface area contributed by atoms with Crippen LogP contribution in [-0.2, 0) is 6.61 Å². The Kier molecular flexibility index (Phi) is 4.24. The molecule has 0 spiro atoms. The number of nitrogens with two attached hydrogens (primary N) is 1. The highest BCUT2D eigenvalue weighted by atomic mass is 79.9. The normalized spacial score (nSPS) is 10.4. The number of anilines is 1. The molecule has 0 bridgehead atoms. The molecule has 5 heteroatoms. The van der Waals surface area contributed by atoms with E-state index >= 15 is 0 Å². The van der Waals surface area contributed by atoms with Gasteiger partial charge >= 0.3 is 0 Å². The third-order valence-corrected chi connectivity index (χ3v) is 3.59. The number of ether oxygens (including phenoxy) is 1. The number of hydrogen-bond donors (Lipinski definition) is 1. The van der Waals surface area contributed by atoms with Crippen LogP contribution in [-0.4, -0.2) is 0 Å². The topological polar surface area (TPSA) is 35.2 Å². The lowest BCUT2D eigenvalue weighted by Gasteiger charge is -2.09. The van der Waals surface area contributed by atoms with Gasteiger partial charge in [-0.25, -0.2) is 4.39 Å². The van der Waals surface area contributed by atoms with Gasteiger partial charge in [-0.15, -0.1) is 0 Å². The van der Waals surface area contributed by atoms with Crippen molar-refractivity contribution in [1.82, 2.24) is 0 Å². The molecule has 2 nitrogen and oxygen atoms in total. The molecule has 2 rings (SSSR count). The minimum atomic E-state index is -0.384. The van der Waals surface area contributed by atoms with E-state index in [-0.39, 0.29) is 18.2 Å². The molecule has 0 fully saturated rings. The third-order valence-electron chi connectivity index (χ3n) is 2.35. The molecular formula is C13H10Br2FNO. The number of nitrogen functional groups attached to an aromatic ring is 1. The molecule has 0 aliphatic rings. The first-order valence-electron chi connectivity index (χ1n) is 5.18. The zero-order valence-electron chi connectivity index (χ0n) is 9.29. The summed E-state index contributed by atoms with van der Waals surface area (Å²) >= 11 is 6.66. The minimum absolute atomic E-state index is 0.216. The first-order chi connectivity index (χ1) is 8.56. The van der Waals surface area contributed by atoms with Gasteiger partial charge in [0.25, 0.3) is 0 Å². The molecule has 0 aliphatic heterocycles. The summed E-state index contributed by atoms with van der Waals surface area (Å²) in [6.07, 6.45) is 0. The zero-order valence-corrected chi connectivity index (χ0v) is 12.5. The van der Waals surface area contributed by atoms with Crippen LogP contribution in [0.3, 0.4) is 0 Å². The average Bonchev–Trinajstić information content (AvgIpc) is 2.32. The van der Waals surface area contributed by atoms with Crippen molar-refractivity contribution in [2.75, 3.05) is 5.73 Å². The maximum Gasteiger partial charge on any atom is 0.165 e. The lowest BCUT2D eigenvalue weighted by Crippen LogP contribution is -1.99. The lowest BCUT2D eigenvalue weighted by atomic mass is 10.2. The largest absolute Gasteiger partial charge is 0.486 e. The monoisotopic (exact) mass is 373 g/mol. The van der Waals surface area contributed by atoms with Crippen LogP contribution in [0.2, 0.25) is 0 Å². The summed E-state index contributed by atoms with van der Waals surface area (Å²) < 4.78 is 20.5. The Labute approximate surface area is 121 Å². The van der Waals surface area contributed by atoms with Crippen molar-refractivity contribution in [3.05, 3.63) is 56.7 Å². The van der Waals surface area contributed by atoms with E-state index in [2.05, 4.69) is 31.9 Å². The summed E-state index contributed by atoms with van der Waals surface area (Å²) in [5.74, 6) is -0.169. The van der Waals surface area contributed by atoms with Crippen molar-refractivity contribution in [2.45, 2.75) is 6.61 Å². The van der Waals surface area contributed by atoms with Gasteiger partial charge in [0.2, 0.25) is 0 Å². The van der Waals surface area contributed by atoms with Crippen LogP contribution >= 0.6 is 31.9 Å². The van der Waals surface area contributed by atoms with E-state index < -0.39 is 0 Å². The van der Waals surface area contributed by atoms with Gasteiger partial charge in [0.1, 0.15) is 6.61 Å². The van der Waals surface area contributed by atoms with Crippen LogP contribution < -0.4 is 10.5 Å². The van der Waals surface area contributed by atoms with Gasteiger partial charge in [0.05, 0.1) is 0 Å². The predicted octanol–water partition coefficient (Wildman–Crippen LogP) is 4.51. The van der Waals surface area contributed by atoms with Gasteiger partial charge in [0, 0.05) is 20.2 Å². The van der Waals surface area contributed by atoms with Crippen LogP contribution in [0.25, 0.3) is 0 Å². The second kappa shape index (κ2) is 5.71. The maximum absolute atomic E-state index is 13.5. The number of benzene rings is 2. The van der Waals surface area contributed by atoms with Gasteiger partial charge in [-0.1, -0.05) is 37.9 Å².